The van der Waals surface area contributed by atoms with Gasteiger partial charge in [-0.25, -0.2) is 0 Å². The Morgan fingerprint density at radius 1 is 1.59 bits per heavy atom. The average Bonchev–Trinajstić information content (AvgIpc) is 2.76. The maximum Gasteiger partial charge on any atom is 0.322 e. The van der Waals surface area contributed by atoms with Crippen molar-refractivity contribution in [3.63, 3.8) is 0 Å². The van der Waals surface area contributed by atoms with E-state index in [1.54, 1.807) is 0 Å². The quantitative estimate of drug-likeness (QED) is 0.806. The summed E-state index contributed by atoms with van der Waals surface area (Å²) in [6.07, 6.45) is 0.721. The summed E-state index contributed by atoms with van der Waals surface area (Å²) in [5, 5.41) is 7.16. The van der Waals surface area contributed by atoms with Gasteiger partial charge in [0.15, 0.2) is 0 Å². The number of hydrogen-bond donors (Lipinski definition) is 2. The number of benzene rings is 1. The zero-order valence-electron chi connectivity index (χ0n) is 9.57. The van der Waals surface area contributed by atoms with Crippen molar-refractivity contribution in [3.8, 4) is 0 Å². The number of nitrogens with one attached hydrogen (secondary N) is 2. The summed E-state index contributed by atoms with van der Waals surface area (Å²) >= 11 is 5.90. The fourth-order valence-electron chi connectivity index (χ4n) is 1.98. The minimum absolute atomic E-state index is 0.208. The highest BCUT2D eigenvalue weighted by Gasteiger charge is 2.29. The number of carbonyl (C=O) groups excluding carboxylic acids is 1. The lowest BCUT2D eigenvalue weighted by Crippen LogP contribution is -2.31. The fraction of sp³-hybridized carbons (Fsp3) is 0.417. The van der Waals surface area contributed by atoms with Gasteiger partial charge in [0.05, 0.1) is 7.11 Å². The fourth-order valence-corrected chi connectivity index (χ4v) is 2.17. The zero-order chi connectivity index (χ0) is 12.3. The van der Waals surface area contributed by atoms with Crippen LogP contribution in [0.4, 0.5) is 5.69 Å². The number of halogens is 1. The number of ether oxygens (including phenoxy) is 1. The van der Waals surface area contributed by atoms with E-state index in [-0.39, 0.29) is 18.1 Å². The van der Waals surface area contributed by atoms with Crippen LogP contribution < -0.4 is 10.6 Å². The van der Waals surface area contributed by atoms with E-state index in [0.717, 1.165) is 18.7 Å². The van der Waals surface area contributed by atoms with Crippen LogP contribution in [0.15, 0.2) is 24.3 Å². The van der Waals surface area contributed by atoms with Crippen LogP contribution in [-0.4, -0.2) is 31.7 Å². The van der Waals surface area contributed by atoms with Gasteiger partial charge < -0.3 is 15.4 Å². The summed E-state index contributed by atoms with van der Waals surface area (Å²) < 4.78 is 4.70. The lowest BCUT2D eigenvalue weighted by Gasteiger charge is -2.13. The molecule has 0 amide bonds. The highest BCUT2D eigenvalue weighted by molar-refractivity contribution is 6.30. The molecular formula is C12H15ClN2O2. The molecule has 0 aliphatic carbocycles. The lowest BCUT2D eigenvalue weighted by molar-refractivity contribution is -0.142. The predicted octanol–water partition coefficient (Wildman–Crippen LogP) is 1.66. The van der Waals surface area contributed by atoms with E-state index in [9.17, 15) is 4.79 Å². The standard InChI is InChI=1S/C12H15ClN2O2/c1-17-12(16)11-6-10(7-14-11)15-9-4-2-3-8(13)5-9/h2-5,10-11,14-15H,6-7H2,1H3/t10-,11-/m0/s1. The third-order valence-electron chi connectivity index (χ3n) is 2.81. The molecule has 2 rings (SSSR count). The van der Waals surface area contributed by atoms with Crippen LogP contribution in [-0.2, 0) is 9.53 Å². The van der Waals surface area contributed by atoms with Gasteiger partial charge in [0.25, 0.3) is 0 Å². The Balaban J connectivity index is 1.92. The Kier molecular flexibility index (Phi) is 3.86. The molecule has 0 bridgehead atoms. The Morgan fingerprint density at radius 2 is 2.41 bits per heavy atom. The molecule has 0 spiro atoms. The minimum Gasteiger partial charge on any atom is -0.468 e. The molecule has 17 heavy (non-hydrogen) atoms. The van der Waals surface area contributed by atoms with Crippen molar-refractivity contribution in [2.75, 3.05) is 19.0 Å². The third-order valence-corrected chi connectivity index (χ3v) is 3.05. The van der Waals surface area contributed by atoms with Gasteiger partial charge in [-0.1, -0.05) is 17.7 Å². The van der Waals surface area contributed by atoms with E-state index >= 15 is 0 Å². The summed E-state index contributed by atoms with van der Waals surface area (Å²) in [5.74, 6) is -0.208. The molecule has 5 heteroatoms. The topological polar surface area (TPSA) is 50.4 Å². The highest BCUT2D eigenvalue weighted by Crippen LogP contribution is 2.18. The van der Waals surface area contributed by atoms with Crippen LogP contribution >= 0.6 is 11.6 Å². The number of rotatable bonds is 3. The Hall–Kier alpha value is -1.26. The number of hydrogen-bond acceptors (Lipinski definition) is 4. The van der Waals surface area contributed by atoms with Gasteiger partial charge in [-0.15, -0.1) is 0 Å². The van der Waals surface area contributed by atoms with E-state index in [2.05, 4.69) is 10.6 Å². The first kappa shape index (κ1) is 12.2. The molecule has 0 radical (unpaired) electrons. The maximum atomic E-state index is 11.3. The summed E-state index contributed by atoms with van der Waals surface area (Å²) in [7, 11) is 1.40. The molecule has 2 atom stereocenters. The van der Waals surface area contributed by atoms with Crippen LogP contribution in [0.3, 0.4) is 0 Å². The van der Waals surface area contributed by atoms with Gasteiger partial charge in [-0.05, 0) is 24.6 Å². The van der Waals surface area contributed by atoms with E-state index in [1.165, 1.54) is 7.11 Å². The van der Waals surface area contributed by atoms with E-state index in [0.29, 0.717) is 5.02 Å². The van der Waals surface area contributed by atoms with Gasteiger partial charge in [0, 0.05) is 23.3 Å². The number of carbonyl (C=O) groups is 1. The van der Waals surface area contributed by atoms with Gasteiger partial charge in [-0.3, -0.25) is 4.79 Å². The monoisotopic (exact) mass is 254 g/mol. The Morgan fingerprint density at radius 3 is 3.12 bits per heavy atom. The van der Waals surface area contributed by atoms with E-state index < -0.39 is 0 Å². The van der Waals surface area contributed by atoms with Crippen LogP contribution in [0.2, 0.25) is 5.02 Å². The van der Waals surface area contributed by atoms with E-state index in [1.807, 2.05) is 24.3 Å². The molecule has 1 aliphatic heterocycles. The van der Waals surface area contributed by atoms with Gasteiger partial charge in [-0.2, -0.15) is 0 Å². The first-order valence-electron chi connectivity index (χ1n) is 5.52. The molecular weight excluding hydrogens is 240 g/mol. The number of anilines is 1. The molecule has 1 saturated heterocycles. The van der Waals surface area contributed by atoms with Crippen LogP contribution in [0.5, 0.6) is 0 Å². The molecule has 0 unspecified atom stereocenters. The summed E-state index contributed by atoms with van der Waals surface area (Å²) in [6, 6.07) is 7.56. The average molecular weight is 255 g/mol. The molecule has 2 N–H and O–H groups in total. The largest absolute Gasteiger partial charge is 0.468 e. The molecule has 1 aromatic rings. The van der Waals surface area contributed by atoms with Crippen molar-refractivity contribution in [2.45, 2.75) is 18.5 Å². The van der Waals surface area contributed by atoms with Crippen LogP contribution in [0.25, 0.3) is 0 Å². The summed E-state index contributed by atoms with van der Waals surface area (Å²) in [5.41, 5.74) is 0.967. The molecule has 0 saturated carbocycles. The van der Waals surface area contributed by atoms with Gasteiger partial charge >= 0.3 is 5.97 Å². The van der Waals surface area contributed by atoms with Crippen molar-refractivity contribution in [1.29, 1.82) is 0 Å². The highest BCUT2D eigenvalue weighted by atomic mass is 35.5. The first-order valence-corrected chi connectivity index (χ1v) is 5.90. The smallest absolute Gasteiger partial charge is 0.322 e. The van der Waals surface area contributed by atoms with Crippen LogP contribution in [0, 0.1) is 0 Å². The number of esters is 1. The molecule has 1 heterocycles. The van der Waals surface area contributed by atoms with Crippen LogP contribution in [0.1, 0.15) is 6.42 Å². The normalized spacial score (nSPS) is 23.4. The number of methoxy groups -OCH3 is 1. The summed E-state index contributed by atoms with van der Waals surface area (Å²) in [6.45, 7) is 0.742. The second-order valence-corrected chi connectivity index (χ2v) is 4.51. The lowest BCUT2D eigenvalue weighted by atomic mass is 10.1. The predicted molar refractivity (Wildman–Crippen MR) is 67.3 cm³/mol. The van der Waals surface area contributed by atoms with Crippen molar-refractivity contribution in [1.82, 2.24) is 5.32 Å². The first-order chi connectivity index (χ1) is 8.19. The maximum absolute atomic E-state index is 11.3. The molecule has 92 valence electrons. The molecule has 1 aliphatic rings. The van der Waals surface area contributed by atoms with Gasteiger partial charge in [0.1, 0.15) is 6.04 Å². The van der Waals surface area contributed by atoms with E-state index in [4.69, 9.17) is 16.3 Å². The molecule has 4 nitrogen and oxygen atoms in total. The van der Waals surface area contributed by atoms with Gasteiger partial charge in [0.2, 0.25) is 0 Å². The SMILES string of the molecule is COC(=O)[C@@H]1C[C@H](Nc2cccc(Cl)c2)CN1. The van der Waals surface area contributed by atoms with Crippen molar-refractivity contribution in [3.05, 3.63) is 29.3 Å². The van der Waals surface area contributed by atoms with Crippen molar-refractivity contribution >= 4 is 23.3 Å². The molecule has 1 aromatic carbocycles. The zero-order valence-corrected chi connectivity index (χ0v) is 10.3. The van der Waals surface area contributed by atoms with Crippen molar-refractivity contribution in [2.24, 2.45) is 0 Å². The Labute approximate surface area is 105 Å². The second-order valence-electron chi connectivity index (χ2n) is 4.07. The molecule has 0 aromatic heterocycles. The van der Waals surface area contributed by atoms with Crippen molar-refractivity contribution < 1.29 is 9.53 Å². The Bertz CT molecular complexity index is 411. The molecule has 1 fully saturated rings. The summed E-state index contributed by atoms with van der Waals surface area (Å²) in [4.78, 5) is 11.3. The second kappa shape index (κ2) is 5.38. The minimum atomic E-state index is -0.211. The third kappa shape index (κ3) is 3.11.